The quantitative estimate of drug-likeness (QED) is 0.262. The number of hydrogen-bond donors (Lipinski definition) is 2. The zero-order valence-corrected chi connectivity index (χ0v) is 27.6. The first-order chi connectivity index (χ1) is 21.7. The number of carbonyl (C=O) groups is 2. The number of rotatable bonds is 9. The molecule has 2 aromatic carbocycles. The molecular formula is C36H45ClN6O2. The molecule has 45 heavy (non-hydrogen) atoms. The summed E-state index contributed by atoms with van der Waals surface area (Å²) in [5.74, 6) is 2.82. The number of carbonyl (C=O) groups excluding carboxylic acids is 2. The van der Waals surface area contributed by atoms with Gasteiger partial charge in [0.1, 0.15) is 22.5 Å². The maximum absolute atomic E-state index is 12.8. The molecule has 2 fully saturated rings. The summed E-state index contributed by atoms with van der Waals surface area (Å²) in [6.45, 7) is 10.6. The van der Waals surface area contributed by atoms with Gasteiger partial charge in [-0.3, -0.25) is 14.6 Å². The lowest BCUT2D eigenvalue weighted by atomic mass is 9.99. The van der Waals surface area contributed by atoms with Crippen molar-refractivity contribution < 1.29 is 9.59 Å². The largest absolute Gasteiger partial charge is 0.363 e. The molecule has 0 bridgehead atoms. The van der Waals surface area contributed by atoms with Crippen molar-refractivity contribution in [2.75, 3.05) is 19.6 Å². The van der Waals surface area contributed by atoms with E-state index in [-0.39, 0.29) is 29.9 Å². The van der Waals surface area contributed by atoms with Gasteiger partial charge in [-0.2, -0.15) is 0 Å². The summed E-state index contributed by atoms with van der Waals surface area (Å²) in [7, 11) is 0. The monoisotopic (exact) mass is 628 g/mol. The molecule has 6 rings (SSSR count). The molecule has 2 amide bonds. The molecule has 238 valence electrons. The van der Waals surface area contributed by atoms with Crippen LogP contribution in [-0.4, -0.2) is 63.1 Å². The molecule has 0 saturated carbocycles. The number of aliphatic imine (C=N–C) groups is 1. The standard InChI is InChI=1S/C36H45ClN6O2/c1-22(2)19-31(44)42-17-5-7-29(42)35-38-21-28(39-35)26-13-9-24(10-14-26)25-11-15-27(16-12-25)33-34(37)41-36(40-33)30-8-6-18-43(30)32(45)20-23(3)4/h9-16,22-23,28-30H,5-8,17-21H2,1-4H3,(H,38,39)(H,40,41)/t28?,29-,30-/m0/s1. The zero-order chi connectivity index (χ0) is 31.7. The molecular weight excluding hydrogens is 584 g/mol. The van der Waals surface area contributed by atoms with E-state index in [1.54, 1.807) is 0 Å². The Kier molecular flexibility index (Phi) is 9.31. The van der Waals surface area contributed by atoms with Gasteiger partial charge in [0.05, 0.1) is 24.7 Å². The van der Waals surface area contributed by atoms with Crippen molar-refractivity contribution in [1.29, 1.82) is 0 Å². The van der Waals surface area contributed by atoms with E-state index in [4.69, 9.17) is 21.6 Å². The van der Waals surface area contributed by atoms with E-state index in [2.05, 4.69) is 86.5 Å². The van der Waals surface area contributed by atoms with Crippen LogP contribution in [-0.2, 0) is 9.59 Å². The van der Waals surface area contributed by atoms with Crippen molar-refractivity contribution in [2.45, 2.75) is 84.3 Å². The van der Waals surface area contributed by atoms with Crippen LogP contribution in [0.15, 0.2) is 53.5 Å². The molecule has 0 aliphatic carbocycles. The molecule has 3 atom stereocenters. The minimum Gasteiger partial charge on any atom is -0.363 e. The minimum absolute atomic E-state index is 0.0550. The van der Waals surface area contributed by atoms with Gasteiger partial charge >= 0.3 is 0 Å². The first kappa shape index (κ1) is 31.3. The molecule has 3 aliphatic heterocycles. The Balaban J connectivity index is 1.09. The fourth-order valence-corrected chi connectivity index (χ4v) is 7.18. The lowest BCUT2D eigenvalue weighted by Gasteiger charge is -2.26. The van der Waals surface area contributed by atoms with Gasteiger partial charge < -0.3 is 20.1 Å². The smallest absolute Gasteiger partial charge is 0.223 e. The molecule has 0 spiro atoms. The molecule has 3 aliphatic rings. The summed E-state index contributed by atoms with van der Waals surface area (Å²) in [4.78, 5) is 42.6. The molecule has 1 unspecified atom stereocenters. The van der Waals surface area contributed by atoms with Gasteiger partial charge in [-0.1, -0.05) is 87.8 Å². The van der Waals surface area contributed by atoms with Crippen molar-refractivity contribution in [2.24, 2.45) is 16.8 Å². The van der Waals surface area contributed by atoms with E-state index in [9.17, 15) is 9.59 Å². The number of likely N-dealkylation sites (tertiary alicyclic amines) is 2. The number of nitrogens with one attached hydrogen (secondary N) is 2. The number of aromatic amines is 1. The summed E-state index contributed by atoms with van der Waals surface area (Å²) < 4.78 is 0. The predicted octanol–water partition coefficient (Wildman–Crippen LogP) is 7.19. The van der Waals surface area contributed by atoms with Crippen molar-refractivity contribution in [3.05, 3.63) is 65.1 Å². The zero-order valence-electron chi connectivity index (χ0n) is 26.9. The van der Waals surface area contributed by atoms with E-state index in [0.717, 1.165) is 67.1 Å². The Morgan fingerprint density at radius 1 is 0.822 bits per heavy atom. The minimum atomic E-state index is -0.0550. The first-order valence-corrected chi connectivity index (χ1v) is 16.9. The Labute approximate surface area is 271 Å². The van der Waals surface area contributed by atoms with Crippen LogP contribution < -0.4 is 5.32 Å². The average molecular weight is 629 g/mol. The van der Waals surface area contributed by atoms with E-state index in [1.807, 2.05) is 9.80 Å². The SMILES string of the molecule is CC(C)CC(=O)N1CCC[C@H]1C1=NCC(c2ccc(-c3ccc(-c4nc([C@@H]5CCCN5C(=O)CC(C)C)[nH]c4Cl)cc3)cc2)N1. The lowest BCUT2D eigenvalue weighted by molar-refractivity contribution is -0.133. The number of amides is 2. The highest BCUT2D eigenvalue weighted by molar-refractivity contribution is 6.31. The van der Waals surface area contributed by atoms with E-state index in [0.29, 0.717) is 42.1 Å². The molecule has 0 radical (unpaired) electrons. The second kappa shape index (κ2) is 13.4. The Morgan fingerprint density at radius 2 is 1.36 bits per heavy atom. The van der Waals surface area contributed by atoms with Gasteiger partial charge in [0.15, 0.2) is 0 Å². The second-order valence-electron chi connectivity index (χ2n) is 13.6. The van der Waals surface area contributed by atoms with Crippen molar-refractivity contribution in [1.82, 2.24) is 25.1 Å². The van der Waals surface area contributed by atoms with E-state index >= 15 is 0 Å². The summed E-state index contributed by atoms with van der Waals surface area (Å²) in [5, 5.41) is 4.13. The highest BCUT2D eigenvalue weighted by atomic mass is 35.5. The predicted molar refractivity (Wildman–Crippen MR) is 180 cm³/mol. The number of amidine groups is 1. The highest BCUT2D eigenvalue weighted by Crippen LogP contribution is 2.36. The third kappa shape index (κ3) is 6.81. The van der Waals surface area contributed by atoms with E-state index in [1.165, 1.54) is 5.56 Å². The number of halogens is 1. The van der Waals surface area contributed by atoms with Crippen LogP contribution in [0.1, 0.15) is 89.7 Å². The van der Waals surface area contributed by atoms with Gasteiger partial charge in [0.25, 0.3) is 0 Å². The summed E-state index contributed by atoms with van der Waals surface area (Å²) in [5.41, 5.74) is 5.08. The van der Waals surface area contributed by atoms with E-state index < -0.39 is 0 Å². The summed E-state index contributed by atoms with van der Waals surface area (Å²) >= 11 is 6.64. The van der Waals surface area contributed by atoms with Gasteiger partial charge in [-0.05, 0) is 54.2 Å². The molecule has 8 nitrogen and oxygen atoms in total. The van der Waals surface area contributed by atoms with Crippen LogP contribution >= 0.6 is 11.6 Å². The topological polar surface area (TPSA) is 93.7 Å². The van der Waals surface area contributed by atoms with Crippen molar-refractivity contribution in [3.63, 3.8) is 0 Å². The van der Waals surface area contributed by atoms with Crippen molar-refractivity contribution in [3.8, 4) is 22.4 Å². The Morgan fingerprint density at radius 3 is 1.96 bits per heavy atom. The van der Waals surface area contributed by atoms with Crippen LogP contribution in [0.3, 0.4) is 0 Å². The highest BCUT2D eigenvalue weighted by Gasteiger charge is 2.36. The number of nitrogens with zero attached hydrogens (tertiary/aromatic N) is 4. The number of H-pyrrole nitrogens is 1. The summed E-state index contributed by atoms with van der Waals surface area (Å²) in [6, 6.07) is 17.1. The number of hydrogen-bond acceptors (Lipinski definition) is 5. The fraction of sp³-hybridized carbons (Fsp3) is 0.500. The van der Waals surface area contributed by atoms with Crippen LogP contribution in [0.25, 0.3) is 22.4 Å². The van der Waals surface area contributed by atoms with Crippen LogP contribution in [0.2, 0.25) is 5.15 Å². The molecule has 4 heterocycles. The normalized spacial score (nSPS) is 21.6. The van der Waals surface area contributed by atoms with Gasteiger partial charge in [0.2, 0.25) is 11.8 Å². The van der Waals surface area contributed by atoms with Crippen LogP contribution in [0, 0.1) is 11.8 Å². The fourth-order valence-electron chi connectivity index (χ4n) is 6.93. The maximum atomic E-state index is 12.8. The molecule has 2 N–H and O–H groups in total. The number of benzene rings is 2. The van der Waals surface area contributed by atoms with Gasteiger partial charge in [-0.15, -0.1) is 0 Å². The average Bonchev–Trinajstić information content (AvgIpc) is 3.82. The van der Waals surface area contributed by atoms with Crippen LogP contribution in [0.5, 0.6) is 0 Å². The third-order valence-corrected chi connectivity index (χ3v) is 9.47. The number of imidazole rings is 1. The molecule has 1 aromatic heterocycles. The maximum Gasteiger partial charge on any atom is 0.223 e. The number of aromatic nitrogens is 2. The first-order valence-electron chi connectivity index (χ1n) is 16.5. The van der Waals surface area contributed by atoms with Crippen LogP contribution in [0.4, 0.5) is 0 Å². The van der Waals surface area contributed by atoms with Gasteiger partial charge in [-0.25, -0.2) is 4.98 Å². The summed E-state index contributed by atoms with van der Waals surface area (Å²) in [6.07, 6.45) is 5.00. The molecule has 3 aromatic rings. The molecule has 9 heteroatoms. The Hall–Kier alpha value is -3.65. The van der Waals surface area contributed by atoms with Gasteiger partial charge in [0, 0.05) is 31.5 Å². The second-order valence-corrected chi connectivity index (χ2v) is 14.0. The molecule has 2 saturated heterocycles. The third-order valence-electron chi connectivity index (χ3n) is 9.19. The Bertz CT molecular complexity index is 1540. The lowest BCUT2D eigenvalue weighted by Crippen LogP contribution is -2.45. The van der Waals surface area contributed by atoms with Crippen molar-refractivity contribution >= 4 is 29.3 Å².